The number of hydrogen-bond donors (Lipinski definition) is 0. The number of thioether (sulfide) groups is 1. The summed E-state index contributed by atoms with van der Waals surface area (Å²) in [5.41, 5.74) is 0.315. The Labute approximate surface area is 152 Å². The summed E-state index contributed by atoms with van der Waals surface area (Å²) < 4.78 is 20.5. The monoisotopic (exact) mass is 377 g/mol. The van der Waals surface area contributed by atoms with Gasteiger partial charge >= 0.3 is 0 Å². The number of carbonyl (C=O) groups excluding carboxylic acids is 1. The number of benzene rings is 1. The first-order chi connectivity index (χ1) is 12.2. The van der Waals surface area contributed by atoms with Crippen molar-refractivity contribution in [2.24, 2.45) is 0 Å². The number of aromatic nitrogens is 3. The van der Waals surface area contributed by atoms with Gasteiger partial charge in [-0.15, -0.1) is 21.5 Å². The van der Waals surface area contributed by atoms with Crippen molar-refractivity contribution in [3.63, 3.8) is 0 Å². The molecule has 0 aliphatic heterocycles. The zero-order chi connectivity index (χ0) is 17.6. The molecule has 1 aromatic carbocycles. The molecule has 0 amide bonds. The highest BCUT2D eigenvalue weighted by atomic mass is 32.2. The molecule has 0 atom stereocenters. The number of thiophene rings is 1. The van der Waals surface area contributed by atoms with Crippen LogP contribution in [0.5, 0.6) is 5.75 Å². The molecule has 8 heteroatoms. The molecule has 0 bridgehead atoms. The highest BCUT2D eigenvalue weighted by Crippen LogP contribution is 2.21. The molecular formula is C17H16FN3O2S2. The van der Waals surface area contributed by atoms with Gasteiger partial charge in [0.25, 0.3) is 0 Å². The lowest BCUT2D eigenvalue weighted by Gasteiger charge is -2.06. The van der Waals surface area contributed by atoms with Crippen LogP contribution in [0, 0.1) is 5.82 Å². The Bertz CT molecular complexity index is 849. The van der Waals surface area contributed by atoms with Crippen molar-refractivity contribution in [1.82, 2.24) is 14.8 Å². The van der Waals surface area contributed by atoms with Crippen molar-refractivity contribution < 1.29 is 13.9 Å². The molecule has 0 spiro atoms. The lowest BCUT2D eigenvalue weighted by atomic mass is 10.1. The van der Waals surface area contributed by atoms with Gasteiger partial charge in [0.15, 0.2) is 22.5 Å². The predicted molar refractivity (Wildman–Crippen MR) is 96.1 cm³/mol. The normalized spacial score (nSPS) is 10.8. The van der Waals surface area contributed by atoms with Crippen molar-refractivity contribution in [3.05, 3.63) is 58.3 Å². The van der Waals surface area contributed by atoms with Crippen LogP contribution in [0.4, 0.5) is 4.39 Å². The second-order valence-corrected chi connectivity index (χ2v) is 7.17. The summed E-state index contributed by atoms with van der Waals surface area (Å²) in [6.07, 6.45) is 2.55. The minimum Gasteiger partial charge on any atom is -0.494 e. The minimum atomic E-state index is -0.544. The summed E-state index contributed by atoms with van der Waals surface area (Å²) in [5, 5.41) is 10.7. The molecule has 130 valence electrons. The first-order valence-electron chi connectivity index (χ1n) is 7.57. The van der Waals surface area contributed by atoms with Crippen LogP contribution >= 0.6 is 23.1 Å². The fourth-order valence-corrected chi connectivity index (χ4v) is 3.78. The van der Waals surface area contributed by atoms with Gasteiger partial charge in [-0.2, -0.15) is 0 Å². The van der Waals surface area contributed by atoms with E-state index in [1.54, 1.807) is 23.7 Å². The molecule has 25 heavy (non-hydrogen) atoms. The summed E-state index contributed by atoms with van der Waals surface area (Å²) in [6.45, 7) is 0.751. The second kappa shape index (κ2) is 8.26. The quantitative estimate of drug-likeness (QED) is 0.442. The van der Waals surface area contributed by atoms with Crippen LogP contribution in [0.1, 0.15) is 15.2 Å². The van der Waals surface area contributed by atoms with Crippen LogP contribution in [0.2, 0.25) is 0 Å². The van der Waals surface area contributed by atoms with E-state index in [0.29, 0.717) is 10.7 Å². The van der Waals surface area contributed by atoms with Crippen LogP contribution < -0.4 is 4.74 Å². The molecule has 0 saturated heterocycles. The Morgan fingerprint density at radius 3 is 3.00 bits per heavy atom. The van der Waals surface area contributed by atoms with E-state index < -0.39 is 5.82 Å². The molecule has 3 aromatic rings. The van der Waals surface area contributed by atoms with E-state index in [-0.39, 0.29) is 17.3 Å². The largest absolute Gasteiger partial charge is 0.494 e. The summed E-state index contributed by atoms with van der Waals surface area (Å²) in [6, 6.07) is 8.32. The summed E-state index contributed by atoms with van der Waals surface area (Å²) >= 11 is 3.01. The average Bonchev–Trinajstić information content (AvgIpc) is 3.29. The number of aryl methyl sites for hydroxylation is 2. The van der Waals surface area contributed by atoms with Crippen LogP contribution in [0.15, 0.2) is 47.2 Å². The third-order valence-corrected chi connectivity index (χ3v) is 5.48. The summed E-state index contributed by atoms with van der Waals surface area (Å²) in [4.78, 5) is 13.6. The summed E-state index contributed by atoms with van der Waals surface area (Å²) in [7, 11) is 1.39. The third kappa shape index (κ3) is 4.46. The molecular weight excluding hydrogens is 361 g/mol. The number of rotatable bonds is 8. The average molecular weight is 377 g/mol. The fourth-order valence-electron chi connectivity index (χ4n) is 2.25. The van der Waals surface area contributed by atoms with Gasteiger partial charge in [-0.25, -0.2) is 4.39 Å². The Morgan fingerprint density at radius 1 is 1.40 bits per heavy atom. The van der Waals surface area contributed by atoms with E-state index in [9.17, 15) is 9.18 Å². The third-order valence-electron chi connectivity index (χ3n) is 3.57. The van der Waals surface area contributed by atoms with E-state index in [0.717, 1.165) is 13.0 Å². The molecule has 0 aliphatic carbocycles. The Kier molecular flexibility index (Phi) is 5.83. The first kappa shape index (κ1) is 17.6. The number of Topliss-reactive ketones (excluding diaryl/α,β-unsaturated/α-hetero) is 1. The minimum absolute atomic E-state index is 0.123. The van der Waals surface area contributed by atoms with Crippen LogP contribution in [-0.2, 0) is 13.0 Å². The predicted octanol–water partition coefficient (Wildman–Crippen LogP) is 3.71. The second-order valence-electron chi connectivity index (χ2n) is 5.20. The number of carbonyl (C=O) groups is 1. The van der Waals surface area contributed by atoms with E-state index in [1.165, 1.54) is 35.9 Å². The van der Waals surface area contributed by atoms with E-state index in [4.69, 9.17) is 4.74 Å². The lowest BCUT2D eigenvalue weighted by Crippen LogP contribution is -2.06. The van der Waals surface area contributed by atoms with Crippen LogP contribution in [0.3, 0.4) is 0 Å². The smallest absolute Gasteiger partial charge is 0.191 e. The Balaban J connectivity index is 1.59. The molecule has 2 aromatic heterocycles. The highest BCUT2D eigenvalue weighted by Gasteiger charge is 2.13. The zero-order valence-corrected chi connectivity index (χ0v) is 15.1. The van der Waals surface area contributed by atoms with Gasteiger partial charge in [-0.05, 0) is 36.1 Å². The van der Waals surface area contributed by atoms with Crippen molar-refractivity contribution in [3.8, 4) is 5.75 Å². The lowest BCUT2D eigenvalue weighted by molar-refractivity contribution is 0.102. The standard InChI is InChI=1S/C17H16FN3O2S2/c1-23-16-5-4-12(9-14(16)18)15(22)10-25-17-20-19-11-21(17)7-6-13-3-2-8-24-13/h2-5,8-9,11H,6-7,10H2,1H3. The van der Waals surface area contributed by atoms with Gasteiger partial charge in [0.05, 0.1) is 12.9 Å². The number of ether oxygens (including phenoxy) is 1. The molecule has 2 heterocycles. The fraction of sp³-hybridized carbons (Fsp3) is 0.235. The first-order valence-corrected chi connectivity index (χ1v) is 9.43. The van der Waals surface area contributed by atoms with Gasteiger partial charge in [0.1, 0.15) is 6.33 Å². The maximum Gasteiger partial charge on any atom is 0.191 e. The number of nitrogens with zero attached hydrogens (tertiary/aromatic N) is 3. The zero-order valence-electron chi connectivity index (χ0n) is 13.5. The molecule has 0 aliphatic rings. The van der Waals surface area contributed by atoms with Gasteiger partial charge in [0.2, 0.25) is 0 Å². The Hall–Kier alpha value is -2.19. The Morgan fingerprint density at radius 2 is 2.28 bits per heavy atom. The maximum absolute atomic E-state index is 13.7. The SMILES string of the molecule is COc1ccc(C(=O)CSc2nncn2CCc2cccs2)cc1F. The van der Waals surface area contributed by atoms with Crippen LogP contribution in [-0.4, -0.2) is 33.4 Å². The number of halogens is 1. The molecule has 0 N–H and O–H groups in total. The highest BCUT2D eigenvalue weighted by molar-refractivity contribution is 7.99. The number of methoxy groups -OCH3 is 1. The topological polar surface area (TPSA) is 57.0 Å². The van der Waals surface area contributed by atoms with E-state index >= 15 is 0 Å². The van der Waals surface area contributed by atoms with Crippen molar-refractivity contribution in [1.29, 1.82) is 0 Å². The van der Waals surface area contributed by atoms with E-state index in [2.05, 4.69) is 16.3 Å². The molecule has 0 radical (unpaired) electrons. The molecule has 0 fully saturated rings. The maximum atomic E-state index is 13.7. The van der Waals surface area contributed by atoms with Gasteiger partial charge in [-0.1, -0.05) is 17.8 Å². The summed E-state index contributed by atoms with van der Waals surface area (Å²) in [5.74, 6) is -0.418. The van der Waals surface area contributed by atoms with E-state index in [1.807, 2.05) is 16.0 Å². The number of hydrogen-bond acceptors (Lipinski definition) is 6. The molecule has 5 nitrogen and oxygen atoms in total. The molecule has 0 unspecified atom stereocenters. The van der Waals surface area contributed by atoms with Gasteiger partial charge < -0.3 is 9.30 Å². The van der Waals surface area contributed by atoms with Gasteiger partial charge in [-0.3, -0.25) is 4.79 Å². The van der Waals surface area contributed by atoms with Gasteiger partial charge in [0, 0.05) is 17.0 Å². The molecule has 3 rings (SSSR count). The number of ketones is 1. The van der Waals surface area contributed by atoms with Crippen molar-refractivity contribution >= 4 is 28.9 Å². The van der Waals surface area contributed by atoms with Crippen molar-refractivity contribution in [2.45, 2.75) is 18.1 Å². The molecule has 0 saturated carbocycles. The van der Waals surface area contributed by atoms with Crippen LogP contribution in [0.25, 0.3) is 0 Å². The van der Waals surface area contributed by atoms with Crippen molar-refractivity contribution in [2.75, 3.05) is 12.9 Å².